The first kappa shape index (κ1) is 28.9. The van der Waals surface area contributed by atoms with E-state index in [1.54, 1.807) is 45.2 Å². The summed E-state index contributed by atoms with van der Waals surface area (Å²) in [6.45, 7) is 4.74. The summed E-state index contributed by atoms with van der Waals surface area (Å²) in [5.74, 6) is -0.306. The average Bonchev–Trinajstić information content (AvgIpc) is 3.37. The fourth-order valence-electron chi connectivity index (χ4n) is 5.93. The molecule has 4 aromatic rings. The number of aromatic nitrogens is 1. The van der Waals surface area contributed by atoms with Crippen LogP contribution >= 0.6 is 0 Å². The highest BCUT2D eigenvalue weighted by Crippen LogP contribution is 2.30. The van der Waals surface area contributed by atoms with E-state index < -0.39 is 12.2 Å². The molecule has 224 valence electrons. The molecule has 2 aliphatic rings. The molecule has 4 amide bonds. The number of phenols is 1. The minimum absolute atomic E-state index is 0.0569. The van der Waals surface area contributed by atoms with Crippen LogP contribution in [0.25, 0.3) is 10.9 Å². The van der Waals surface area contributed by atoms with Crippen LogP contribution in [-0.2, 0) is 29.1 Å². The molecule has 2 N–H and O–H groups in total. The van der Waals surface area contributed by atoms with Crippen LogP contribution in [0.3, 0.4) is 0 Å². The number of benzene rings is 3. The van der Waals surface area contributed by atoms with Gasteiger partial charge in [-0.1, -0.05) is 72.8 Å². The van der Waals surface area contributed by atoms with Gasteiger partial charge in [0.2, 0.25) is 11.8 Å². The number of hydrogen-bond donors (Lipinski definition) is 2. The molecular formula is C34H34N6O4. The molecule has 0 spiro atoms. The maximum Gasteiger partial charge on any atom is 0.332 e. The zero-order chi connectivity index (χ0) is 30.6. The molecular weight excluding hydrogens is 556 g/mol. The second-order valence-electron chi connectivity index (χ2n) is 11.0. The fraction of sp³-hybridized carbons (Fsp3) is 0.235. The Hall–Kier alpha value is -5.22. The van der Waals surface area contributed by atoms with Crippen molar-refractivity contribution in [1.29, 1.82) is 0 Å². The Morgan fingerprint density at radius 1 is 0.977 bits per heavy atom. The van der Waals surface area contributed by atoms with E-state index in [1.807, 2.05) is 66.7 Å². The molecule has 10 heteroatoms. The molecule has 0 radical (unpaired) electrons. The summed E-state index contributed by atoms with van der Waals surface area (Å²) in [4.78, 5) is 49.3. The number of carbonyl (C=O) groups is 3. The summed E-state index contributed by atoms with van der Waals surface area (Å²) < 4.78 is 0. The van der Waals surface area contributed by atoms with Crippen LogP contribution in [0.5, 0.6) is 5.75 Å². The number of nitrogens with one attached hydrogen (secondary N) is 1. The number of fused-ring (bicyclic) bond motifs is 2. The lowest BCUT2D eigenvalue weighted by Crippen LogP contribution is -2.66. The van der Waals surface area contributed by atoms with E-state index in [-0.39, 0.29) is 56.2 Å². The third-order valence-corrected chi connectivity index (χ3v) is 8.07. The van der Waals surface area contributed by atoms with Crippen LogP contribution < -0.4 is 5.32 Å². The number of carbonyl (C=O) groups excluding carboxylic acids is 3. The third-order valence-electron chi connectivity index (χ3n) is 8.07. The Bertz CT molecular complexity index is 1680. The second-order valence-corrected chi connectivity index (χ2v) is 11.0. The largest absolute Gasteiger partial charge is 0.508 e. The molecule has 2 aliphatic heterocycles. The number of pyridine rings is 1. The van der Waals surface area contributed by atoms with E-state index in [2.05, 4.69) is 11.9 Å². The molecule has 3 heterocycles. The van der Waals surface area contributed by atoms with Crippen molar-refractivity contribution < 1.29 is 19.5 Å². The van der Waals surface area contributed by atoms with E-state index in [4.69, 9.17) is 4.98 Å². The molecule has 3 aromatic carbocycles. The molecule has 1 aromatic heterocycles. The second kappa shape index (κ2) is 12.6. The molecule has 0 saturated carbocycles. The Morgan fingerprint density at radius 2 is 1.73 bits per heavy atom. The number of phenolic OH excluding ortho intramolecular Hbond substituents is 1. The van der Waals surface area contributed by atoms with Gasteiger partial charge in [-0.2, -0.15) is 5.01 Å². The molecule has 1 unspecified atom stereocenters. The molecule has 0 bridgehead atoms. The number of nitrogens with zero attached hydrogens (tertiary/aromatic N) is 5. The summed E-state index contributed by atoms with van der Waals surface area (Å²) in [6, 6.07) is 26.8. The number of amides is 4. The van der Waals surface area contributed by atoms with Crippen molar-refractivity contribution >= 4 is 28.7 Å². The summed E-state index contributed by atoms with van der Waals surface area (Å²) in [7, 11) is 0. The van der Waals surface area contributed by atoms with E-state index in [0.717, 1.165) is 27.7 Å². The Morgan fingerprint density at radius 3 is 2.50 bits per heavy atom. The predicted molar refractivity (Wildman–Crippen MR) is 166 cm³/mol. The summed E-state index contributed by atoms with van der Waals surface area (Å²) in [5.41, 5.74) is 3.32. The van der Waals surface area contributed by atoms with Gasteiger partial charge >= 0.3 is 6.03 Å². The van der Waals surface area contributed by atoms with E-state index >= 15 is 0 Å². The molecule has 2 fully saturated rings. The zero-order valence-electron chi connectivity index (χ0n) is 24.3. The van der Waals surface area contributed by atoms with Crippen LogP contribution in [0.2, 0.25) is 0 Å². The normalized spacial score (nSPS) is 18.4. The first-order chi connectivity index (χ1) is 21.4. The highest BCUT2D eigenvalue weighted by atomic mass is 16.3. The first-order valence-electron chi connectivity index (χ1n) is 14.6. The number of piperazine rings is 1. The van der Waals surface area contributed by atoms with Gasteiger partial charge in [0.05, 0.1) is 37.4 Å². The van der Waals surface area contributed by atoms with Crippen molar-refractivity contribution in [2.45, 2.75) is 31.7 Å². The predicted octanol–water partition coefficient (Wildman–Crippen LogP) is 3.68. The minimum atomic E-state index is -0.797. The lowest BCUT2D eigenvalue weighted by atomic mass is 10.00. The van der Waals surface area contributed by atoms with Gasteiger partial charge in [-0.3, -0.25) is 19.6 Å². The van der Waals surface area contributed by atoms with Crippen molar-refractivity contribution in [3.8, 4) is 5.75 Å². The minimum Gasteiger partial charge on any atom is -0.508 e. The van der Waals surface area contributed by atoms with Gasteiger partial charge in [-0.15, -0.1) is 6.58 Å². The number of para-hydroxylation sites is 1. The monoisotopic (exact) mass is 590 g/mol. The van der Waals surface area contributed by atoms with E-state index in [0.29, 0.717) is 6.54 Å². The van der Waals surface area contributed by atoms with Crippen molar-refractivity contribution in [3.05, 3.63) is 120 Å². The van der Waals surface area contributed by atoms with Crippen molar-refractivity contribution in [3.63, 3.8) is 0 Å². The maximum absolute atomic E-state index is 14.1. The topological polar surface area (TPSA) is 109 Å². The number of rotatable bonds is 9. The van der Waals surface area contributed by atoms with Gasteiger partial charge in [-0.25, -0.2) is 4.79 Å². The number of hydrazine groups is 1. The van der Waals surface area contributed by atoms with E-state index in [9.17, 15) is 19.5 Å². The summed E-state index contributed by atoms with van der Waals surface area (Å²) in [5, 5.41) is 17.0. The van der Waals surface area contributed by atoms with Crippen molar-refractivity contribution in [2.75, 3.05) is 19.6 Å². The first-order valence-corrected chi connectivity index (χ1v) is 14.6. The van der Waals surface area contributed by atoms with Crippen LogP contribution in [0.15, 0.2) is 104 Å². The standard InChI is InChI=1S/C34H34N6O4/c1-2-18-38(34(44)35-20-25-8-4-3-5-9-25)39-23-32(42)40-30(19-24-12-16-28(41)17-13-24)33(43)37(22-31(39)40)21-27-15-14-26-10-6-7-11-29(26)36-27/h2-17,30-31,41H,1,18-23H2,(H,35,44)/t30?,31-/m1/s1. The van der Waals surface area contributed by atoms with Gasteiger partial charge in [0.15, 0.2) is 0 Å². The average molecular weight is 591 g/mol. The molecule has 6 rings (SSSR count). The molecule has 0 aliphatic carbocycles. The van der Waals surface area contributed by atoms with Gasteiger partial charge in [0, 0.05) is 18.4 Å². The van der Waals surface area contributed by atoms with Gasteiger partial charge in [-0.05, 0) is 35.4 Å². The number of aromatic hydroxyl groups is 1. The summed E-state index contributed by atoms with van der Waals surface area (Å²) in [6.07, 6.45) is 1.30. The lowest BCUT2D eigenvalue weighted by molar-refractivity contribution is -0.157. The third kappa shape index (κ3) is 5.97. The van der Waals surface area contributed by atoms with Crippen LogP contribution in [0.1, 0.15) is 16.8 Å². The number of urea groups is 1. The van der Waals surface area contributed by atoms with Crippen molar-refractivity contribution in [2.24, 2.45) is 0 Å². The van der Waals surface area contributed by atoms with E-state index in [1.165, 1.54) is 5.01 Å². The highest BCUT2D eigenvalue weighted by Gasteiger charge is 2.52. The molecule has 2 saturated heterocycles. The quantitative estimate of drug-likeness (QED) is 0.288. The van der Waals surface area contributed by atoms with Crippen LogP contribution in [0.4, 0.5) is 4.79 Å². The Labute approximate surface area is 255 Å². The smallest absolute Gasteiger partial charge is 0.332 e. The Balaban J connectivity index is 1.30. The number of hydrogen-bond acceptors (Lipinski definition) is 6. The van der Waals surface area contributed by atoms with Crippen LogP contribution in [-0.4, -0.2) is 79.6 Å². The maximum atomic E-state index is 14.1. The summed E-state index contributed by atoms with van der Waals surface area (Å²) >= 11 is 0. The lowest BCUT2D eigenvalue weighted by Gasteiger charge is -2.46. The van der Waals surface area contributed by atoms with Crippen molar-refractivity contribution in [1.82, 2.24) is 30.1 Å². The van der Waals surface area contributed by atoms with Gasteiger partial charge in [0.25, 0.3) is 0 Å². The van der Waals surface area contributed by atoms with Gasteiger partial charge in [0.1, 0.15) is 18.0 Å². The Kier molecular flexibility index (Phi) is 8.25. The molecule has 44 heavy (non-hydrogen) atoms. The fourth-order valence-corrected chi connectivity index (χ4v) is 5.93. The molecule has 2 atom stereocenters. The zero-order valence-corrected chi connectivity index (χ0v) is 24.3. The van der Waals surface area contributed by atoms with Crippen LogP contribution in [0, 0.1) is 0 Å². The SMILES string of the molecule is C=CCN(C(=O)NCc1ccccc1)N1CC(=O)N2C(Cc3ccc(O)cc3)C(=O)N(Cc3ccc4ccccc4n3)C[C@@H]21. The highest BCUT2D eigenvalue weighted by molar-refractivity contribution is 5.92. The van der Waals surface area contributed by atoms with Gasteiger partial charge < -0.3 is 20.2 Å². The molecule has 10 nitrogen and oxygen atoms in total.